The summed E-state index contributed by atoms with van der Waals surface area (Å²) >= 11 is 6.70. The van der Waals surface area contributed by atoms with Gasteiger partial charge in [-0.05, 0) is 38.6 Å². The molecule has 1 amide bonds. The summed E-state index contributed by atoms with van der Waals surface area (Å²) in [4.78, 5) is 37.7. The molecule has 158 valence electrons. The molecule has 1 atom stereocenters. The molecule has 0 bridgehead atoms. The highest BCUT2D eigenvalue weighted by atomic mass is 32.2. The maximum absolute atomic E-state index is 13.4. The summed E-state index contributed by atoms with van der Waals surface area (Å²) in [5, 5.41) is 0. The monoisotopic (exact) mass is 443 g/mol. The number of aromatic nitrogens is 2. The van der Waals surface area contributed by atoms with Crippen molar-refractivity contribution in [1.82, 2.24) is 19.2 Å². The van der Waals surface area contributed by atoms with E-state index in [0.29, 0.717) is 26.3 Å². The average Bonchev–Trinajstić information content (AvgIpc) is 3.03. The number of carbonyl (C=O) groups is 1. The van der Waals surface area contributed by atoms with Gasteiger partial charge in [0.2, 0.25) is 0 Å². The number of rotatable bonds is 4. The predicted octanol–water partition coefficient (Wildman–Crippen LogP) is 2.45. The van der Waals surface area contributed by atoms with Gasteiger partial charge in [-0.3, -0.25) is 18.9 Å². The second-order valence-electron chi connectivity index (χ2n) is 7.68. The van der Waals surface area contributed by atoms with Crippen LogP contribution in [-0.2, 0) is 4.79 Å². The third-order valence-electron chi connectivity index (χ3n) is 5.68. The molecule has 2 aliphatic heterocycles. The molecule has 2 aromatic rings. The van der Waals surface area contributed by atoms with Crippen LogP contribution < -0.4 is 10.5 Å². The Morgan fingerprint density at radius 1 is 1.23 bits per heavy atom. The Balaban J connectivity index is 1.83. The van der Waals surface area contributed by atoms with Crippen molar-refractivity contribution in [3.05, 3.63) is 45.2 Å². The largest absolute Gasteiger partial charge is 0.353 e. The summed E-state index contributed by atoms with van der Waals surface area (Å²) < 4.78 is 2.07. The van der Waals surface area contributed by atoms with E-state index in [9.17, 15) is 9.59 Å². The molecule has 0 N–H and O–H groups in total. The number of likely N-dealkylation sites (N-methyl/N-ethyl adjacent to an activating group) is 1. The average molecular weight is 444 g/mol. The molecule has 2 aromatic heterocycles. The Kier molecular flexibility index (Phi) is 5.95. The topological polar surface area (TPSA) is 61.2 Å². The van der Waals surface area contributed by atoms with Gasteiger partial charge in [-0.2, -0.15) is 0 Å². The van der Waals surface area contributed by atoms with Gasteiger partial charge in [-0.1, -0.05) is 37.0 Å². The Morgan fingerprint density at radius 3 is 2.67 bits per heavy atom. The zero-order valence-electron chi connectivity index (χ0n) is 17.4. The minimum Gasteiger partial charge on any atom is -0.353 e. The third-order valence-corrected chi connectivity index (χ3v) is 7.01. The molecule has 0 aliphatic carbocycles. The number of nitrogens with zero attached hydrogens (tertiary/aromatic N) is 5. The summed E-state index contributed by atoms with van der Waals surface area (Å²) in [7, 11) is 2.08. The van der Waals surface area contributed by atoms with Crippen molar-refractivity contribution < 1.29 is 4.79 Å². The van der Waals surface area contributed by atoms with Gasteiger partial charge in [0.05, 0.1) is 10.5 Å². The first-order chi connectivity index (χ1) is 14.4. The van der Waals surface area contributed by atoms with Gasteiger partial charge in [0.15, 0.2) is 0 Å². The fourth-order valence-electron chi connectivity index (χ4n) is 3.65. The third kappa shape index (κ3) is 3.77. The minimum atomic E-state index is -0.177. The maximum Gasteiger partial charge on any atom is 0.267 e. The standard InChI is InChI=1S/C21H25N5O2S2/c1-4-14(2)26-20(28)16(30-21(26)29)13-15-18(24-11-9-23(3)10-12-24)22-17-7-5-6-8-25(17)19(15)27/h5-8,13-14H,4,9-12H2,1-3H3/b16-13-/t14-/m1/s1. The molecule has 30 heavy (non-hydrogen) atoms. The molecule has 0 aromatic carbocycles. The second kappa shape index (κ2) is 8.49. The quantitative estimate of drug-likeness (QED) is 0.531. The van der Waals surface area contributed by atoms with E-state index in [4.69, 9.17) is 17.2 Å². The van der Waals surface area contributed by atoms with Crippen LogP contribution in [-0.4, -0.2) is 68.7 Å². The highest BCUT2D eigenvalue weighted by Crippen LogP contribution is 2.35. The van der Waals surface area contributed by atoms with Crippen LogP contribution in [0.3, 0.4) is 0 Å². The van der Waals surface area contributed by atoms with E-state index in [1.165, 1.54) is 16.2 Å². The highest BCUT2D eigenvalue weighted by molar-refractivity contribution is 8.26. The molecular weight excluding hydrogens is 418 g/mol. The lowest BCUT2D eigenvalue weighted by atomic mass is 10.2. The Bertz CT molecular complexity index is 1090. The minimum absolute atomic E-state index is 0.0244. The molecule has 2 aliphatic rings. The SMILES string of the molecule is CC[C@@H](C)N1C(=O)/C(=C/c2c(N3CCN(C)CC3)nc3ccccn3c2=O)SC1=S. The highest BCUT2D eigenvalue weighted by Gasteiger charge is 2.35. The van der Waals surface area contributed by atoms with Crippen molar-refractivity contribution in [1.29, 1.82) is 0 Å². The lowest BCUT2D eigenvalue weighted by molar-refractivity contribution is -0.123. The first-order valence-corrected chi connectivity index (χ1v) is 11.3. The number of fused-ring (bicyclic) bond motifs is 1. The summed E-state index contributed by atoms with van der Waals surface area (Å²) in [6.45, 7) is 7.35. The van der Waals surface area contributed by atoms with E-state index < -0.39 is 0 Å². The summed E-state index contributed by atoms with van der Waals surface area (Å²) in [5.41, 5.74) is 0.858. The van der Waals surface area contributed by atoms with Crippen LogP contribution in [0, 0.1) is 0 Å². The first-order valence-electron chi connectivity index (χ1n) is 10.1. The van der Waals surface area contributed by atoms with Crippen molar-refractivity contribution in [2.45, 2.75) is 26.3 Å². The van der Waals surface area contributed by atoms with Crippen molar-refractivity contribution in [3.8, 4) is 0 Å². The smallest absolute Gasteiger partial charge is 0.267 e. The lowest BCUT2D eigenvalue weighted by Crippen LogP contribution is -2.45. The Labute approximate surface area is 185 Å². The van der Waals surface area contributed by atoms with Crippen LogP contribution in [0.1, 0.15) is 25.8 Å². The Morgan fingerprint density at radius 2 is 1.97 bits per heavy atom. The van der Waals surface area contributed by atoms with Crippen LogP contribution in [0.5, 0.6) is 0 Å². The van der Waals surface area contributed by atoms with Gasteiger partial charge in [-0.25, -0.2) is 4.98 Å². The number of pyridine rings is 1. The summed E-state index contributed by atoms with van der Waals surface area (Å²) in [6, 6.07) is 5.52. The van der Waals surface area contributed by atoms with Crippen LogP contribution in [0.15, 0.2) is 34.1 Å². The fraction of sp³-hybridized carbons (Fsp3) is 0.429. The van der Waals surface area contributed by atoms with Crippen molar-refractivity contribution in [3.63, 3.8) is 0 Å². The van der Waals surface area contributed by atoms with Crippen molar-refractivity contribution in [2.75, 3.05) is 38.1 Å². The number of thioether (sulfide) groups is 1. The van der Waals surface area contributed by atoms with Gasteiger partial charge in [0.1, 0.15) is 15.8 Å². The van der Waals surface area contributed by atoms with Crippen LogP contribution in [0.25, 0.3) is 11.7 Å². The Hall–Kier alpha value is -2.23. The second-order valence-corrected chi connectivity index (χ2v) is 9.36. The van der Waals surface area contributed by atoms with E-state index in [-0.39, 0.29) is 17.5 Å². The molecule has 4 rings (SSSR count). The molecule has 4 heterocycles. The maximum atomic E-state index is 13.4. The lowest BCUT2D eigenvalue weighted by Gasteiger charge is -2.34. The summed E-state index contributed by atoms with van der Waals surface area (Å²) in [6.07, 6.45) is 4.21. The van der Waals surface area contributed by atoms with Crippen molar-refractivity contribution >= 4 is 51.7 Å². The van der Waals surface area contributed by atoms with Crippen LogP contribution in [0.4, 0.5) is 5.82 Å². The molecule has 0 unspecified atom stereocenters. The van der Waals surface area contributed by atoms with Gasteiger partial charge in [0.25, 0.3) is 11.5 Å². The molecule has 0 radical (unpaired) electrons. The summed E-state index contributed by atoms with van der Waals surface area (Å²) in [5.74, 6) is 0.495. The number of piperazine rings is 1. The molecule has 0 saturated carbocycles. The van der Waals surface area contributed by atoms with Crippen LogP contribution >= 0.6 is 24.0 Å². The number of thiocarbonyl (C=S) groups is 1. The van der Waals surface area contributed by atoms with E-state index in [1.807, 2.05) is 26.0 Å². The van der Waals surface area contributed by atoms with E-state index in [1.54, 1.807) is 23.2 Å². The number of carbonyl (C=O) groups excluding carboxylic acids is 1. The normalized spacial score (nSPS) is 20.6. The number of hydrogen-bond donors (Lipinski definition) is 0. The molecular formula is C21H25N5O2S2. The molecule has 2 saturated heterocycles. The number of amides is 1. The number of anilines is 1. The van der Waals surface area contributed by atoms with Gasteiger partial charge in [0, 0.05) is 38.4 Å². The molecule has 2 fully saturated rings. The zero-order chi connectivity index (χ0) is 21.4. The van der Waals surface area contributed by atoms with E-state index in [2.05, 4.69) is 16.8 Å². The van der Waals surface area contributed by atoms with Gasteiger partial charge in [-0.15, -0.1) is 0 Å². The molecule has 9 heteroatoms. The van der Waals surface area contributed by atoms with Gasteiger partial charge < -0.3 is 9.80 Å². The van der Waals surface area contributed by atoms with E-state index in [0.717, 1.165) is 32.6 Å². The molecule has 7 nitrogen and oxygen atoms in total. The van der Waals surface area contributed by atoms with Gasteiger partial charge >= 0.3 is 0 Å². The zero-order valence-corrected chi connectivity index (χ0v) is 19.0. The molecule has 0 spiro atoms. The van der Waals surface area contributed by atoms with Crippen molar-refractivity contribution in [2.24, 2.45) is 0 Å². The van der Waals surface area contributed by atoms with E-state index >= 15 is 0 Å². The predicted molar refractivity (Wildman–Crippen MR) is 126 cm³/mol. The van der Waals surface area contributed by atoms with Crippen LogP contribution in [0.2, 0.25) is 0 Å². The number of hydrogen-bond acceptors (Lipinski definition) is 7. The fourth-order valence-corrected chi connectivity index (χ4v) is 5.09. The first kappa shape index (κ1) is 21.0.